The third kappa shape index (κ3) is 4.64. The highest BCUT2D eigenvalue weighted by molar-refractivity contribution is 7.88. The second-order valence-corrected chi connectivity index (χ2v) is 8.39. The van der Waals surface area contributed by atoms with Gasteiger partial charge in [-0.3, -0.25) is 4.79 Å². The highest BCUT2D eigenvalue weighted by Gasteiger charge is 2.24. The smallest absolute Gasteiger partial charge is 0.227 e. The summed E-state index contributed by atoms with van der Waals surface area (Å²) in [5.41, 5.74) is 0.874. The van der Waals surface area contributed by atoms with E-state index in [-0.39, 0.29) is 12.3 Å². The summed E-state index contributed by atoms with van der Waals surface area (Å²) in [6.45, 7) is 3.07. The molecule has 0 radical (unpaired) electrons. The summed E-state index contributed by atoms with van der Waals surface area (Å²) in [6.07, 6.45) is 2.98. The van der Waals surface area contributed by atoms with E-state index in [4.69, 9.17) is 9.47 Å². The number of benzene rings is 1. The highest BCUT2D eigenvalue weighted by Crippen LogP contribution is 2.30. The van der Waals surface area contributed by atoms with Crippen molar-refractivity contribution in [2.75, 3.05) is 45.6 Å². The predicted octanol–water partition coefficient (Wildman–Crippen LogP) is 0.884. The summed E-state index contributed by atoms with van der Waals surface area (Å²) in [5, 5.41) is 0. The molecule has 7 nitrogen and oxygen atoms in total. The largest absolute Gasteiger partial charge is 0.490 e. The van der Waals surface area contributed by atoms with Gasteiger partial charge in [-0.05, 0) is 24.1 Å². The molecule has 1 aromatic rings. The summed E-state index contributed by atoms with van der Waals surface area (Å²) in [6, 6.07) is 5.59. The number of rotatable bonds is 3. The minimum Gasteiger partial charge on any atom is -0.490 e. The molecule has 1 saturated heterocycles. The molecule has 0 bridgehead atoms. The van der Waals surface area contributed by atoms with Crippen LogP contribution in [0.5, 0.6) is 11.5 Å². The minimum absolute atomic E-state index is 0.00448. The van der Waals surface area contributed by atoms with E-state index in [0.717, 1.165) is 12.0 Å². The number of carbonyl (C=O) groups is 1. The Morgan fingerprint density at radius 1 is 1.04 bits per heavy atom. The lowest BCUT2D eigenvalue weighted by atomic mass is 10.1. The lowest BCUT2D eigenvalue weighted by Gasteiger charge is -2.21. The molecule has 0 aliphatic carbocycles. The molecule has 2 heterocycles. The lowest BCUT2D eigenvalue weighted by Crippen LogP contribution is -2.37. The summed E-state index contributed by atoms with van der Waals surface area (Å²) >= 11 is 0. The maximum atomic E-state index is 12.6. The Labute approximate surface area is 148 Å². The Morgan fingerprint density at radius 2 is 1.80 bits per heavy atom. The molecule has 1 fully saturated rings. The van der Waals surface area contributed by atoms with E-state index in [1.54, 1.807) is 4.90 Å². The van der Waals surface area contributed by atoms with Crippen molar-refractivity contribution < 1.29 is 22.7 Å². The van der Waals surface area contributed by atoms with Gasteiger partial charge in [-0.2, -0.15) is 0 Å². The topological polar surface area (TPSA) is 76.2 Å². The van der Waals surface area contributed by atoms with Crippen molar-refractivity contribution in [3.05, 3.63) is 23.8 Å². The number of carbonyl (C=O) groups excluding carboxylic acids is 1. The molecule has 0 aromatic heterocycles. The van der Waals surface area contributed by atoms with Crippen molar-refractivity contribution in [3.8, 4) is 11.5 Å². The highest BCUT2D eigenvalue weighted by atomic mass is 32.2. The van der Waals surface area contributed by atoms with E-state index >= 15 is 0 Å². The molecular formula is C17H24N2O5S. The lowest BCUT2D eigenvalue weighted by molar-refractivity contribution is -0.130. The molecule has 2 aliphatic rings. The molecule has 0 atom stereocenters. The quantitative estimate of drug-likeness (QED) is 0.792. The fourth-order valence-corrected chi connectivity index (χ4v) is 3.95. The van der Waals surface area contributed by atoms with Crippen LogP contribution in [-0.2, 0) is 21.2 Å². The summed E-state index contributed by atoms with van der Waals surface area (Å²) in [5.74, 6) is 1.40. The molecule has 0 unspecified atom stereocenters. The van der Waals surface area contributed by atoms with Crippen LogP contribution in [0.1, 0.15) is 18.4 Å². The molecule has 1 amide bonds. The van der Waals surface area contributed by atoms with Crippen LogP contribution in [-0.4, -0.2) is 69.2 Å². The van der Waals surface area contributed by atoms with Gasteiger partial charge in [0.15, 0.2) is 11.5 Å². The van der Waals surface area contributed by atoms with Gasteiger partial charge in [-0.1, -0.05) is 6.07 Å². The third-order valence-corrected chi connectivity index (χ3v) is 5.75. The third-order valence-electron chi connectivity index (χ3n) is 4.44. The van der Waals surface area contributed by atoms with Crippen LogP contribution in [0, 0.1) is 0 Å². The first-order chi connectivity index (χ1) is 11.9. The molecule has 0 N–H and O–H groups in total. The molecule has 138 valence electrons. The van der Waals surface area contributed by atoms with Crippen molar-refractivity contribution in [3.63, 3.8) is 0 Å². The normalized spacial score (nSPS) is 19.2. The van der Waals surface area contributed by atoms with Gasteiger partial charge < -0.3 is 14.4 Å². The molecule has 0 spiro atoms. The maximum Gasteiger partial charge on any atom is 0.227 e. The van der Waals surface area contributed by atoms with Gasteiger partial charge in [0.1, 0.15) is 0 Å². The summed E-state index contributed by atoms with van der Waals surface area (Å²) in [7, 11) is -3.21. The minimum atomic E-state index is -3.21. The molecule has 3 rings (SSSR count). The van der Waals surface area contributed by atoms with Crippen LogP contribution < -0.4 is 9.47 Å². The average molecular weight is 368 g/mol. The maximum absolute atomic E-state index is 12.6. The van der Waals surface area contributed by atoms with Gasteiger partial charge in [0, 0.05) is 32.6 Å². The fraction of sp³-hybridized carbons (Fsp3) is 0.588. The number of amides is 1. The number of hydrogen-bond acceptors (Lipinski definition) is 5. The van der Waals surface area contributed by atoms with E-state index in [2.05, 4.69) is 0 Å². The monoisotopic (exact) mass is 368 g/mol. The van der Waals surface area contributed by atoms with Gasteiger partial charge in [-0.25, -0.2) is 12.7 Å². The van der Waals surface area contributed by atoms with Gasteiger partial charge in [-0.15, -0.1) is 0 Å². The van der Waals surface area contributed by atoms with Crippen LogP contribution in [0.2, 0.25) is 0 Å². The molecule has 8 heteroatoms. The Kier molecular flexibility index (Phi) is 5.48. The molecule has 25 heavy (non-hydrogen) atoms. The number of fused-ring (bicyclic) bond motifs is 1. The molecule has 2 aliphatic heterocycles. The van der Waals surface area contributed by atoms with Crippen molar-refractivity contribution >= 4 is 15.9 Å². The van der Waals surface area contributed by atoms with Crippen LogP contribution in [0.4, 0.5) is 0 Å². The van der Waals surface area contributed by atoms with Gasteiger partial charge >= 0.3 is 0 Å². The SMILES string of the molecule is CS(=O)(=O)N1CCCN(C(=O)Cc2ccc3c(c2)OCCCO3)CC1. The van der Waals surface area contributed by atoms with Crippen LogP contribution in [0.25, 0.3) is 0 Å². The second kappa shape index (κ2) is 7.61. The van der Waals surface area contributed by atoms with E-state index < -0.39 is 10.0 Å². The standard InChI is InChI=1S/C17H24N2O5S/c1-25(21,22)19-7-2-6-18(8-9-19)17(20)13-14-4-5-15-16(12-14)24-11-3-10-23-15/h4-5,12H,2-3,6-11,13H2,1H3. The van der Waals surface area contributed by atoms with Crippen molar-refractivity contribution in [2.24, 2.45) is 0 Å². The van der Waals surface area contributed by atoms with Crippen molar-refractivity contribution in [2.45, 2.75) is 19.3 Å². The average Bonchev–Trinajstić information content (AvgIpc) is 2.94. The zero-order valence-corrected chi connectivity index (χ0v) is 15.3. The first-order valence-electron chi connectivity index (χ1n) is 8.55. The van der Waals surface area contributed by atoms with E-state index in [1.807, 2.05) is 18.2 Å². The second-order valence-electron chi connectivity index (χ2n) is 6.40. The Morgan fingerprint density at radius 3 is 2.56 bits per heavy atom. The summed E-state index contributed by atoms with van der Waals surface area (Å²) in [4.78, 5) is 14.3. The number of ether oxygens (including phenoxy) is 2. The first kappa shape index (κ1) is 18.0. The predicted molar refractivity (Wildman–Crippen MR) is 93.4 cm³/mol. The van der Waals surface area contributed by atoms with Crippen LogP contribution in [0.15, 0.2) is 18.2 Å². The number of sulfonamides is 1. The molecule has 1 aromatic carbocycles. The zero-order valence-electron chi connectivity index (χ0n) is 14.4. The van der Waals surface area contributed by atoms with Crippen molar-refractivity contribution in [1.82, 2.24) is 9.21 Å². The Hall–Kier alpha value is -1.80. The van der Waals surface area contributed by atoms with Crippen molar-refractivity contribution in [1.29, 1.82) is 0 Å². The van der Waals surface area contributed by atoms with E-state index in [9.17, 15) is 13.2 Å². The number of nitrogens with zero attached hydrogens (tertiary/aromatic N) is 2. The fourth-order valence-electron chi connectivity index (χ4n) is 3.08. The Bertz CT molecular complexity index is 735. The van der Waals surface area contributed by atoms with Crippen LogP contribution >= 0.6 is 0 Å². The van der Waals surface area contributed by atoms with Gasteiger partial charge in [0.2, 0.25) is 15.9 Å². The Balaban J connectivity index is 1.63. The van der Waals surface area contributed by atoms with Gasteiger partial charge in [0.25, 0.3) is 0 Å². The van der Waals surface area contributed by atoms with E-state index in [0.29, 0.717) is 57.3 Å². The van der Waals surface area contributed by atoms with Gasteiger partial charge in [0.05, 0.1) is 25.9 Å². The zero-order chi connectivity index (χ0) is 17.9. The summed E-state index contributed by atoms with van der Waals surface area (Å²) < 4.78 is 36.0. The molecule has 0 saturated carbocycles. The molecular weight excluding hydrogens is 344 g/mol. The number of hydrogen-bond donors (Lipinski definition) is 0. The first-order valence-corrected chi connectivity index (χ1v) is 10.4. The van der Waals surface area contributed by atoms with Crippen LogP contribution in [0.3, 0.4) is 0 Å². The van der Waals surface area contributed by atoms with E-state index in [1.165, 1.54) is 10.6 Å².